The zero-order valence-corrected chi connectivity index (χ0v) is 10.6. The minimum Gasteiger partial charge on any atom is -0.368 e. The summed E-state index contributed by atoms with van der Waals surface area (Å²) in [7, 11) is 0. The van der Waals surface area contributed by atoms with Gasteiger partial charge in [-0.3, -0.25) is 9.59 Å². The van der Waals surface area contributed by atoms with E-state index in [-0.39, 0.29) is 24.5 Å². The number of nitrogens with zero attached hydrogens (tertiary/aromatic N) is 1. The lowest BCUT2D eigenvalue weighted by molar-refractivity contribution is -0.143. The summed E-state index contributed by atoms with van der Waals surface area (Å²) in [5.41, 5.74) is 1.75. The third-order valence-corrected chi connectivity index (χ3v) is 3.50. The van der Waals surface area contributed by atoms with Gasteiger partial charge >= 0.3 is 0 Å². The van der Waals surface area contributed by atoms with E-state index < -0.39 is 0 Å². The standard InChI is InChI=1S/C14H16N2O3/c17-13-9-16(14(18)12-6-3-7-19-12)8-10-4-1-2-5-11(10)15-13/h1-2,4-5,12H,3,6-9H2,(H,15,17)/t12-/m1/s1. The van der Waals surface area contributed by atoms with Gasteiger partial charge in [-0.1, -0.05) is 18.2 Å². The van der Waals surface area contributed by atoms with Crippen LogP contribution in [0, 0.1) is 0 Å². The van der Waals surface area contributed by atoms with Gasteiger partial charge in [0.15, 0.2) is 0 Å². The van der Waals surface area contributed by atoms with Crippen molar-refractivity contribution >= 4 is 17.5 Å². The third kappa shape index (κ3) is 2.46. The number of hydrogen-bond acceptors (Lipinski definition) is 3. The minimum absolute atomic E-state index is 0.0793. The normalized spacial score (nSPS) is 22.6. The lowest BCUT2D eigenvalue weighted by Gasteiger charge is -2.22. The van der Waals surface area contributed by atoms with Gasteiger partial charge in [-0.2, -0.15) is 0 Å². The number of hydrogen-bond donors (Lipinski definition) is 1. The highest BCUT2D eigenvalue weighted by atomic mass is 16.5. The van der Waals surface area contributed by atoms with Crippen LogP contribution in [0.3, 0.4) is 0 Å². The summed E-state index contributed by atoms with van der Waals surface area (Å²) in [6.45, 7) is 1.17. The number of para-hydroxylation sites is 1. The maximum atomic E-state index is 12.3. The molecule has 1 fully saturated rings. The predicted molar refractivity (Wildman–Crippen MR) is 69.5 cm³/mol. The van der Waals surface area contributed by atoms with Gasteiger partial charge in [-0.05, 0) is 24.5 Å². The first-order chi connectivity index (χ1) is 9.24. The quantitative estimate of drug-likeness (QED) is 0.824. The van der Waals surface area contributed by atoms with E-state index in [1.807, 2.05) is 24.3 Å². The number of amides is 2. The SMILES string of the molecule is O=C1CN(C(=O)[C@H]2CCCO2)Cc2ccccc2N1. The van der Waals surface area contributed by atoms with Crippen LogP contribution in [-0.4, -0.2) is 36.0 Å². The highest BCUT2D eigenvalue weighted by Crippen LogP contribution is 2.22. The molecule has 5 nitrogen and oxygen atoms in total. The average molecular weight is 260 g/mol. The fraction of sp³-hybridized carbons (Fsp3) is 0.429. The van der Waals surface area contributed by atoms with Crippen molar-refractivity contribution in [3.05, 3.63) is 29.8 Å². The van der Waals surface area contributed by atoms with Crippen LogP contribution < -0.4 is 5.32 Å². The number of benzene rings is 1. The van der Waals surface area contributed by atoms with Crippen LogP contribution in [0.5, 0.6) is 0 Å². The van der Waals surface area contributed by atoms with Crippen LogP contribution in [-0.2, 0) is 20.9 Å². The second-order valence-electron chi connectivity index (χ2n) is 4.90. The molecule has 0 radical (unpaired) electrons. The fourth-order valence-electron chi connectivity index (χ4n) is 2.54. The Morgan fingerprint density at radius 3 is 2.95 bits per heavy atom. The van der Waals surface area contributed by atoms with Gasteiger partial charge in [-0.25, -0.2) is 0 Å². The third-order valence-electron chi connectivity index (χ3n) is 3.50. The summed E-state index contributed by atoms with van der Waals surface area (Å²) in [5.74, 6) is -0.236. The predicted octanol–water partition coefficient (Wildman–Crippen LogP) is 1.15. The summed E-state index contributed by atoms with van der Waals surface area (Å²) < 4.78 is 5.41. The molecule has 0 bridgehead atoms. The Hall–Kier alpha value is -1.88. The first-order valence-corrected chi connectivity index (χ1v) is 6.52. The van der Waals surface area contributed by atoms with Crippen LogP contribution in [0.2, 0.25) is 0 Å². The molecule has 2 amide bonds. The zero-order valence-electron chi connectivity index (χ0n) is 10.6. The van der Waals surface area contributed by atoms with E-state index in [4.69, 9.17) is 4.74 Å². The average Bonchev–Trinajstić information content (AvgIpc) is 2.87. The molecule has 2 heterocycles. The molecule has 1 atom stereocenters. The molecule has 0 spiro atoms. The molecule has 5 heteroatoms. The van der Waals surface area contributed by atoms with Crippen molar-refractivity contribution in [1.82, 2.24) is 4.90 Å². The second-order valence-corrected chi connectivity index (χ2v) is 4.90. The number of carbonyl (C=O) groups excluding carboxylic acids is 2. The summed E-state index contributed by atoms with van der Waals surface area (Å²) >= 11 is 0. The molecule has 1 N–H and O–H groups in total. The van der Waals surface area contributed by atoms with Crippen molar-refractivity contribution in [2.75, 3.05) is 18.5 Å². The molecule has 0 unspecified atom stereocenters. The van der Waals surface area contributed by atoms with Crippen molar-refractivity contribution in [3.63, 3.8) is 0 Å². The Balaban J connectivity index is 1.83. The topological polar surface area (TPSA) is 58.6 Å². The van der Waals surface area contributed by atoms with Gasteiger partial charge in [0.05, 0.1) is 0 Å². The molecule has 1 saturated heterocycles. The Morgan fingerprint density at radius 1 is 1.32 bits per heavy atom. The highest BCUT2D eigenvalue weighted by molar-refractivity contribution is 5.96. The van der Waals surface area contributed by atoms with Crippen molar-refractivity contribution in [2.45, 2.75) is 25.5 Å². The summed E-state index contributed by atoms with van der Waals surface area (Å²) in [5, 5.41) is 2.82. The molecule has 0 aromatic heterocycles. The van der Waals surface area contributed by atoms with Gasteiger partial charge in [0.1, 0.15) is 12.6 Å². The number of ether oxygens (including phenoxy) is 1. The van der Waals surface area contributed by atoms with E-state index in [0.717, 1.165) is 24.1 Å². The zero-order chi connectivity index (χ0) is 13.2. The first kappa shape index (κ1) is 12.2. The van der Waals surface area contributed by atoms with E-state index in [1.54, 1.807) is 4.90 Å². The van der Waals surface area contributed by atoms with Crippen LogP contribution in [0.1, 0.15) is 18.4 Å². The lowest BCUT2D eigenvalue weighted by atomic mass is 10.1. The Labute approximate surface area is 111 Å². The summed E-state index contributed by atoms with van der Waals surface area (Å²) in [4.78, 5) is 25.7. The van der Waals surface area contributed by atoms with E-state index in [2.05, 4.69) is 5.32 Å². The maximum Gasteiger partial charge on any atom is 0.252 e. The van der Waals surface area contributed by atoms with E-state index in [1.165, 1.54) is 0 Å². The summed E-state index contributed by atoms with van der Waals surface area (Å²) in [6, 6.07) is 7.56. The van der Waals surface area contributed by atoms with Gasteiger partial charge in [0.2, 0.25) is 5.91 Å². The van der Waals surface area contributed by atoms with Gasteiger partial charge in [0, 0.05) is 18.8 Å². The van der Waals surface area contributed by atoms with Crippen LogP contribution in [0.25, 0.3) is 0 Å². The van der Waals surface area contributed by atoms with Crippen molar-refractivity contribution in [2.24, 2.45) is 0 Å². The van der Waals surface area contributed by atoms with Crippen LogP contribution in [0.15, 0.2) is 24.3 Å². The molecular weight excluding hydrogens is 244 g/mol. The summed E-state index contributed by atoms with van der Waals surface area (Å²) in [6.07, 6.45) is 1.28. The first-order valence-electron chi connectivity index (χ1n) is 6.52. The van der Waals surface area contributed by atoms with Crippen LogP contribution >= 0.6 is 0 Å². The smallest absolute Gasteiger partial charge is 0.252 e. The molecule has 0 saturated carbocycles. The van der Waals surface area contributed by atoms with Crippen LogP contribution in [0.4, 0.5) is 5.69 Å². The molecule has 0 aliphatic carbocycles. The number of nitrogens with one attached hydrogen (secondary N) is 1. The Morgan fingerprint density at radius 2 is 2.16 bits per heavy atom. The van der Waals surface area contributed by atoms with E-state index in [0.29, 0.717) is 13.2 Å². The van der Waals surface area contributed by atoms with Crippen molar-refractivity contribution in [3.8, 4) is 0 Å². The molecule has 19 heavy (non-hydrogen) atoms. The highest BCUT2D eigenvalue weighted by Gasteiger charge is 2.31. The molecule has 2 aliphatic heterocycles. The van der Waals surface area contributed by atoms with Gasteiger partial charge in [-0.15, -0.1) is 0 Å². The monoisotopic (exact) mass is 260 g/mol. The van der Waals surface area contributed by atoms with Gasteiger partial charge in [0.25, 0.3) is 5.91 Å². The van der Waals surface area contributed by atoms with E-state index >= 15 is 0 Å². The number of rotatable bonds is 1. The molecule has 1 aromatic rings. The lowest BCUT2D eigenvalue weighted by Crippen LogP contribution is -2.41. The van der Waals surface area contributed by atoms with Crippen molar-refractivity contribution < 1.29 is 14.3 Å². The van der Waals surface area contributed by atoms with Gasteiger partial charge < -0.3 is 15.0 Å². The molecule has 3 rings (SSSR count). The molecular formula is C14H16N2O3. The number of anilines is 1. The molecule has 2 aliphatic rings. The largest absolute Gasteiger partial charge is 0.368 e. The molecule has 1 aromatic carbocycles. The number of fused-ring (bicyclic) bond motifs is 1. The Bertz CT molecular complexity index is 509. The Kier molecular flexibility index (Phi) is 3.21. The second kappa shape index (κ2) is 5.01. The maximum absolute atomic E-state index is 12.3. The van der Waals surface area contributed by atoms with Crippen molar-refractivity contribution in [1.29, 1.82) is 0 Å². The number of carbonyl (C=O) groups is 2. The minimum atomic E-state index is -0.377. The fourth-order valence-corrected chi connectivity index (χ4v) is 2.54. The molecule has 100 valence electrons. The van der Waals surface area contributed by atoms with E-state index in [9.17, 15) is 9.59 Å².